The van der Waals surface area contributed by atoms with E-state index in [1.807, 2.05) is 62.6 Å². The van der Waals surface area contributed by atoms with Crippen molar-refractivity contribution in [3.05, 3.63) is 114 Å². The van der Waals surface area contributed by atoms with Crippen molar-refractivity contribution in [2.75, 3.05) is 0 Å². The van der Waals surface area contributed by atoms with Crippen LogP contribution in [0.5, 0.6) is 0 Å². The van der Waals surface area contributed by atoms with Gasteiger partial charge >= 0.3 is 0 Å². The second kappa shape index (κ2) is 8.21. The molecule has 0 radical (unpaired) electrons. The molecular weight excluding hydrogens is 433 g/mol. The minimum atomic E-state index is -0.287. The van der Waals surface area contributed by atoms with Crippen LogP contribution in [0.1, 0.15) is 11.1 Å². The quantitative estimate of drug-likeness (QED) is 0.244. The number of aryl methyl sites for hydroxylation is 3. The molecule has 0 spiro atoms. The maximum absolute atomic E-state index is 15.5. The molecule has 0 unspecified atom stereocenters. The van der Waals surface area contributed by atoms with Gasteiger partial charge in [-0.25, -0.2) is 8.96 Å². The average molecular weight is 459 g/mol. The Balaban J connectivity index is 1.66. The molecule has 0 atom stereocenters. The van der Waals surface area contributed by atoms with Gasteiger partial charge in [0, 0.05) is 22.9 Å². The van der Waals surface area contributed by atoms with Crippen LogP contribution >= 0.6 is 0 Å². The van der Waals surface area contributed by atoms with Crippen molar-refractivity contribution in [3.8, 4) is 33.5 Å². The van der Waals surface area contributed by atoms with Crippen molar-refractivity contribution in [1.29, 1.82) is 0 Å². The standard InChI is InChI=1S/C32H25FNO/c1-20-17-23(22-9-5-4-6-10-22)19-24(18-20)30-27(33)15-14-26-25-13-12-21(2)29(31(25)35-32(26)30)28-11-7-8-16-34(28)3/h4-19H,1-3H3/q+1. The molecule has 2 heterocycles. The highest BCUT2D eigenvalue weighted by molar-refractivity contribution is 6.13. The molecule has 35 heavy (non-hydrogen) atoms. The number of nitrogens with zero attached hydrogens (tertiary/aromatic N) is 1. The van der Waals surface area contributed by atoms with Gasteiger partial charge in [-0.3, -0.25) is 0 Å². The summed E-state index contributed by atoms with van der Waals surface area (Å²) in [4.78, 5) is 0. The summed E-state index contributed by atoms with van der Waals surface area (Å²) in [7, 11) is 2.03. The molecule has 0 amide bonds. The number of fused-ring (bicyclic) bond motifs is 3. The van der Waals surface area contributed by atoms with Crippen LogP contribution < -0.4 is 4.57 Å². The van der Waals surface area contributed by atoms with Gasteiger partial charge in [-0.1, -0.05) is 54.6 Å². The number of pyridine rings is 1. The van der Waals surface area contributed by atoms with Gasteiger partial charge in [-0.2, -0.15) is 0 Å². The SMILES string of the molecule is Cc1cc(-c2ccccc2)cc(-c2c(F)ccc3c2oc2c(-c4cccc[n+]4C)c(C)ccc23)c1. The molecule has 0 aliphatic carbocycles. The van der Waals surface area contributed by atoms with E-state index in [-0.39, 0.29) is 5.82 Å². The molecule has 170 valence electrons. The minimum Gasteiger partial charge on any atom is -0.454 e. The fraction of sp³-hybridized carbons (Fsp3) is 0.0938. The second-order valence-electron chi connectivity index (χ2n) is 9.19. The number of aromatic nitrogens is 1. The predicted molar refractivity (Wildman–Crippen MR) is 141 cm³/mol. The monoisotopic (exact) mass is 458 g/mol. The molecule has 0 N–H and O–H groups in total. The Labute approximate surface area is 203 Å². The highest BCUT2D eigenvalue weighted by Gasteiger charge is 2.23. The van der Waals surface area contributed by atoms with Crippen molar-refractivity contribution in [3.63, 3.8) is 0 Å². The Morgan fingerprint density at radius 2 is 1.34 bits per heavy atom. The smallest absolute Gasteiger partial charge is 0.216 e. The largest absolute Gasteiger partial charge is 0.454 e. The van der Waals surface area contributed by atoms with Gasteiger partial charge in [-0.05, 0) is 65.9 Å². The van der Waals surface area contributed by atoms with E-state index < -0.39 is 0 Å². The summed E-state index contributed by atoms with van der Waals surface area (Å²) in [5.74, 6) is -0.287. The number of benzene rings is 4. The van der Waals surface area contributed by atoms with E-state index in [0.717, 1.165) is 55.4 Å². The lowest BCUT2D eigenvalue weighted by Crippen LogP contribution is -2.30. The van der Waals surface area contributed by atoms with Gasteiger partial charge < -0.3 is 4.42 Å². The maximum Gasteiger partial charge on any atom is 0.216 e. The molecule has 0 fully saturated rings. The molecule has 0 saturated carbocycles. The van der Waals surface area contributed by atoms with Crippen molar-refractivity contribution in [2.45, 2.75) is 13.8 Å². The number of rotatable bonds is 3. The van der Waals surface area contributed by atoms with Crippen molar-refractivity contribution in [1.82, 2.24) is 0 Å². The van der Waals surface area contributed by atoms with E-state index in [4.69, 9.17) is 4.42 Å². The van der Waals surface area contributed by atoms with Crippen LogP contribution in [0.4, 0.5) is 4.39 Å². The first-order valence-corrected chi connectivity index (χ1v) is 11.8. The van der Waals surface area contributed by atoms with Crippen LogP contribution in [-0.2, 0) is 7.05 Å². The van der Waals surface area contributed by atoms with Gasteiger partial charge in [0.1, 0.15) is 24.0 Å². The zero-order chi connectivity index (χ0) is 24.1. The van der Waals surface area contributed by atoms with Crippen LogP contribution in [0.15, 0.2) is 102 Å². The summed E-state index contributed by atoms with van der Waals surface area (Å²) in [6.07, 6.45) is 2.03. The average Bonchev–Trinajstić information content (AvgIpc) is 3.23. The molecule has 0 aliphatic rings. The first kappa shape index (κ1) is 21.3. The maximum atomic E-state index is 15.5. The number of furan rings is 1. The third kappa shape index (κ3) is 3.52. The number of halogens is 1. The van der Waals surface area contributed by atoms with Gasteiger partial charge in [0.2, 0.25) is 5.69 Å². The molecule has 3 heteroatoms. The second-order valence-corrected chi connectivity index (χ2v) is 9.19. The third-order valence-corrected chi connectivity index (χ3v) is 6.75. The highest BCUT2D eigenvalue weighted by atomic mass is 19.1. The summed E-state index contributed by atoms with van der Waals surface area (Å²) in [6, 6.07) is 30.1. The normalized spacial score (nSPS) is 11.4. The van der Waals surface area contributed by atoms with Crippen molar-refractivity contribution < 1.29 is 13.4 Å². The topological polar surface area (TPSA) is 17.0 Å². The van der Waals surface area contributed by atoms with E-state index in [1.165, 1.54) is 0 Å². The van der Waals surface area contributed by atoms with Crippen molar-refractivity contribution >= 4 is 21.9 Å². The van der Waals surface area contributed by atoms with Crippen LogP contribution in [0, 0.1) is 19.7 Å². The Morgan fingerprint density at radius 3 is 2.11 bits per heavy atom. The Morgan fingerprint density at radius 1 is 0.657 bits per heavy atom. The predicted octanol–water partition coefficient (Wildman–Crippen LogP) is 8.17. The van der Waals surface area contributed by atoms with Gasteiger partial charge in [0.25, 0.3) is 0 Å². The lowest BCUT2D eigenvalue weighted by Gasteiger charge is -2.10. The molecule has 0 bridgehead atoms. The fourth-order valence-corrected chi connectivity index (χ4v) is 5.07. The third-order valence-electron chi connectivity index (χ3n) is 6.75. The van der Waals surface area contributed by atoms with Gasteiger partial charge in [0.15, 0.2) is 6.20 Å². The Kier molecular flexibility index (Phi) is 5.00. The molecular formula is C32H25FNO+. The van der Waals surface area contributed by atoms with E-state index in [9.17, 15) is 0 Å². The minimum absolute atomic E-state index is 0.287. The van der Waals surface area contributed by atoms with Crippen LogP contribution in [-0.4, -0.2) is 0 Å². The first-order valence-electron chi connectivity index (χ1n) is 11.8. The van der Waals surface area contributed by atoms with Crippen LogP contribution in [0.3, 0.4) is 0 Å². The molecule has 0 saturated heterocycles. The fourth-order valence-electron chi connectivity index (χ4n) is 5.07. The molecule has 0 aliphatic heterocycles. The molecule has 2 nitrogen and oxygen atoms in total. The number of hydrogen-bond donors (Lipinski definition) is 0. The summed E-state index contributed by atoms with van der Waals surface area (Å²) in [6.45, 7) is 4.13. The van der Waals surface area contributed by atoms with E-state index in [2.05, 4.69) is 54.0 Å². The molecule has 2 aromatic heterocycles. The lowest BCUT2D eigenvalue weighted by molar-refractivity contribution is -0.660. The highest BCUT2D eigenvalue weighted by Crippen LogP contribution is 2.42. The van der Waals surface area contributed by atoms with E-state index >= 15 is 4.39 Å². The van der Waals surface area contributed by atoms with E-state index in [0.29, 0.717) is 11.1 Å². The van der Waals surface area contributed by atoms with Crippen LogP contribution in [0.25, 0.3) is 55.4 Å². The van der Waals surface area contributed by atoms with Gasteiger partial charge in [-0.15, -0.1) is 0 Å². The molecule has 6 aromatic rings. The summed E-state index contributed by atoms with van der Waals surface area (Å²) in [5, 5.41) is 1.90. The summed E-state index contributed by atoms with van der Waals surface area (Å²) in [5.41, 5.74) is 9.10. The van der Waals surface area contributed by atoms with E-state index in [1.54, 1.807) is 6.07 Å². The zero-order valence-corrected chi connectivity index (χ0v) is 20.0. The van der Waals surface area contributed by atoms with Crippen LogP contribution in [0.2, 0.25) is 0 Å². The lowest BCUT2D eigenvalue weighted by atomic mass is 9.95. The Hall–Kier alpha value is -4.24. The summed E-state index contributed by atoms with van der Waals surface area (Å²) < 4.78 is 24.2. The molecule has 6 rings (SSSR count). The van der Waals surface area contributed by atoms with Crippen molar-refractivity contribution in [2.24, 2.45) is 7.05 Å². The summed E-state index contributed by atoms with van der Waals surface area (Å²) >= 11 is 0. The Bertz CT molecular complexity index is 1730. The van der Waals surface area contributed by atoms with Gasteiger partial charge in [0.05, 0.1) is 11.1 Å². The zero-order valence-electron chi connectivity index (χ0n) is 20.0. The molecule has 4 aromatic carbocycles. The number of hydrogen-bond acceptors (Lipinski definition) is 1. The first-order chi connectivity index (χ1) is 17.0.